The molecular formula is C15H24N2O3. The van der Waals surface area contributed by atoms with Gasteiger partial charge in [0.05, 0.1) is 5.56 Å². The fourth-order valence-electron chi connectivity index (χ4n) is 3.94. The van der Waals surface area contributed by atoms with Gasteiger partial charge in [-0.1, -0.05) is 27.7 Å². The summed E-state index contributed by atoms with van der Waals surface area (Å²) in [6.07, 6.45) is 2.71. The first-order chi connectivity index (χ1) is 9.02. The van der Waals surface area contributed by atoms with E-state index < -0.39 is 11.2 Å². The summed E-state index contributed by atoms with van der Waals surface area (Å²) < 4.78 is 1.36. The van der Waals surface area contributed by atoms with Crippen LogP contribution in [0.1, 0.15) is 58.6 Å². The molecule has 112 valence electrons. The lowest BCUT2D eigenvalue weighted by atomic mass is 9.63. The molecule has 0 amide bonds. The molecule has 0 atom stereocenters. The molecule has 1 fully saturated rings. The summed E-state index contributed by atoms with van der Waals surface area (Å²) in [7, 11) is 0. The quantitative estimate of drug-likeness (QED) is 0.829. The molecule has 0 radical (unpaired) electrons. The van der Waals surface area contributed by atoms with Crippen LogP contribution < -0.4 is 11.2 Å². The van der Waals surface area contributed by atoms with Crippen LogP contribution in [-0.2, 0) is 0 Å². The highest BCUT2D eigenvalue weighted by molar-refractivity contribution is 5.21. The normalized spacial score (nSPS) is 21.9. The lowest BCUT2D eigenvalue weighted by Gasteiger charge is -2.45. The first-order valence-electron chi connectivity index (χ1n) is 7.07. The standard InChI is InChI=1S/C15H24N2O3/c1-9-11(18)16-13(20)17(12(9)19)10-6-14(2,3)8-15(4,5)7-10/h10,19H,6-8H2,1-5H3,(H,16,18,20). The second-order valence-corrected chi connectivity index (χ2v) is 7.65. The van der Waals surface area contributed by atoms with Gasteiger partial charge >= 0.3 is 5.69 Å². The molecule has 0 unspecified atom stereocenters. The predicted octanol–water partition coefficient (Wildman–Crippen LogP) is 2.33. The average Bonchev–Trinajstić information content (AvgIpc) is 2.21. The van der Waals surface area contributed by atoms with Crippen LogP contribution in [0, 0.1) is 17.8 Å². The minimum absolute atomic E-state index is 0.0863. The molecule has 0 saturated heterocycles. The SMILES string of the molecule is Cc1c(O)n(C2CC(C)(C)CC(C)(C)C2)c(=O)[nH]c1=O. The number of aromatic hydroxyl groups is 1. The van der Waals surface area contributed by atoms with Gasteiger partial charge < -0.3 is 5.11 Å². The van der Waals surface area contributed by atoms with Crippen LogP contribution >= 0.6 is 0 Å². The number of nitrogens with one attached hydrogen (secondary N) is 1. The molecule has 1 aliphatic rings. The monoisotopic (exact) mass is 280 g/mol. The molecule has 0 aliphatic heterocycles. The van der Waals surface area contributed by atoms with Crippen molar-refractivity contribution in [1.82, 2.24) is 9.55 Å². The maximum atomic E-state index is 12.1. The fraction of sp³-hybridized carbons (Fsp3) is 0.733. The van der Waals surface area contributed by atoms with Gasteiger partial charge in [0, 0.05) is 6.04 Å². The Kier molecular flexibility index (Phi) is 3.35. The molecule has 2 N–H and O–H groups in total. The van der Waals surface area contributed by atoms with Crippen molar-refractivity contribution in [3.8, 4) is 5.88 Å². The second-order valence-electron chi connectivity index (χ2n) is 7.65. The Hall–Kier alpha value is -1.52. The molecular weight excluding hydrogens is 256 g/mol. The zero-order chi connectivity index (χ0) is 15.3. The lowest BCUT2D eigenvalue weighted by molar-refractivity contribution is 0.0668. The largest absolute Gasteiger partial charge is 0.494 e. The second kappa shape index (κ2) is 4.50. The Labute approximate surface area is 118 Å². The van der Waals surface area contributed by atoms with Gasteiger partial charge in [0.1, 0.15) is 0 Å². The third-order valence-corrected chi connectivity index (χ3v) is 4.24. The van der Waals surface area contributed by atoms with E-state index in [1.807, 2.05) is 0 Å². The first kappa shape index (κ1) is 14.9. The summed E-state index contributed by atoms with van der Waals surface area (Å²) in [6.45, 7) is 10.3. The highest BCUT2D eigenvalue weighted by atomic mass is 16.3. The molecule has 1 aromatic heterocycles. The van der Waals surface area contributed by atoms with E-state index in [0.29, 0.717) is 0 Å². The summed E-state index contributed by atoms with van der Waals surface area (Å²) in [5.74, 6) is -0.197. The van der Waals surface area contributed by atoms with E-state index in [2.05, 4.69) is 32.7 Å². The molecule has 0 bridgehead atoms. The molecule has 2 rings (SSSR count). The van der Waals surface area contributed by atoms with E-state index in [0.717, 1.165) is 19.3 Å². The van der Waals surface area contributed by atoms with Crippen LogP contribution in [-0.4, -0.2) is 14.7 Å². The number of aromatic nitrogens is 2. The van der Waals surface area contributed by atoms with Gasteiger partial charge in [-0.15, -0.1) is 0 Å². The van der Waals surface area contributed by atoms with Crippen molar-refractivity contribution in [3.63, 3.8) is 0 Å². The molecule has 0 spiro atoms. The minimum atomic E-state index is -0.517. The van der Waals surface area contributed by atoms with Crippen molar-refractivity contribution in [3.05, 3.63) is 26.4 Å². The van der Waals surface area contributed by atoms with E-state index >= 15 is 0 Å². The van der Waals surface area contributed by atoms with E-state index in [1.54, 1.807) is 0 Å². The predicted molar refractivity (Wildman–Crippen MR) is 78.2 cm³/mol. The van der Waals surface area contributed by atoms with Crippen LogP contribution in [0.4, 0.5) is 0 Å². The van der Waals surface area contributed by atoms with Crippen molar-refractivity contribution >= 4 is 0 Å². The van der Waals surface area contributed by atoms with Gasteiger partial charge in [-0.2, -0.15) is 0 Å². The van der Waals surface area contributed by atoms with Crippen molar-refractivity contribution in [2.45, 2.75) is 59.9 Å². The molecule has 1 aliphatic carbocycles. The van der Waals surface area contributed by atoms with Crippen molar-refractivity contribution < 1.29 is 5.11 Å². The Bertz CT molecular complexity index is 621. The summed E-state index contributed by atoms with van der Waals surface area (Å²) >= 11 is 0. The van der Waals surface area contributed by atoms with Gasteiger partial charge in [0.25, 0.3) is 5.56 Å². The maximum absolute atomic E-state index is 12.1. The molecule has 1 heterocycles. The number of rotatable bonds is 1. The van der Waals surface area contributed by atoms with Crippen molar-refractivity contribution in [2.75, 3.05) is 0 Å². The Balaban J connectivity index is 2.55. The van der Waals surface area contributed by atoms with Crippen molar-refractivity contribution in [1.29, 1.82) is 0 Å². The van der Waals surface area contributed by atoms with Gasteiger partial charge in [-0.25, -0.2) is 4.79 Å². The van der Waals surface area contributed by atoms with E-state index in [4.69, 9.17) is 0 Å². The lowest BCUT2D eigenvalue weighted by Crippen LogP contribution is -2.41. The molecule has 1 aromatic rings. The zero-order valence-electron chi connectivity index (χ0n) is 12.9. The number of hydrogen-bond donors (Lipinski definition) is 2. The van der Waals surface area contributed by atoms with Crippen LogP contribution in [0.15, 0.2) is 9.59 Å². The third-order valence-electron chi connectivity index (χ3n) is 4.24. The summed E-state index contributed by atoms with van der Waals surface area (Å²) in [4.78, 5) is 25.9. The van der Waals surface area contributed by atoms with Gasteiger partial charge in [-0.3, -0.25) is 14.3 Å². The Morgan fingerprint density at radius 1 is 1.15 bits per heavy atom. The average molecular weight is 280 g/mol. The summed E-state index contributed by atoms with van der Waals surface area (Å²) in [5, 5.41) is 10.2. The third kappa shape index (κ3) is 2.67. The van der Waals surface area contributed by atoms with Crippen molar-refractivity contribution in [2.24, 2.45) is 10.8 Å². The zero-order valence-corrected chi connectivity index (χ0v) is 12.9. The van der Waals surface area contributed by atoms with E-state index in [-0.39, 0.29) is 28.3 Å². The molecule has 5 nitrogen and oxygen atoms in total. The van der Waals surface area contributed by atoms with Gasteiger partial charge in [0.15, 0.2) is 0 Å². The highest BCUT2D eigenvalue weighted by Gasteiger charge is 2.40. The fourth-order valence-corrected chi connectivity index (χ4v) is 3.94. The summed E-state index contributed by atoms with van der Waals surface area (Å²) in [6, 6.07) is -0.0863. The smallest absolute Gasteiger partial charge is 0.331 e. The van der Waals surface area contributed by atoms with Crippen LogP contribution in [0.3, 0.4) is 0 Å². The molecule has 1 saturated carbocycles. The number of hydrogen-bond acceptors (Lipinski definition) is 3. The maximum Gasteiger partial charge on any atom is 0.331 e. The number of aromatic amines is 1. The Morgan fingerprint density at radius 3 is 2.15 bits per heavy atom. The molecule has 5 heteroatoms. The summed E-state index contributed by atoms with van der Waals surface area (Å²) in [5.41, 5.74) is -0.634. The molecule has 20 heavy (non-hydrogen) atoms. The first-order valence-corrected chi connectivity index (χ1v) is 7.07. The molecule has 0 aromatic carbocycles. The van der Waals surface area contributed by atoms with E-state index in [9.17, 15) is 14.7 Å². The Morgan fingerprint density at radius 2 is 1.65 bits per heavy atom. The van der Waals surface area contributed by atoms with Gasteiger partial charge in [0.2, 0.25) is 5.88 Å². The van der Waals surface area contributed by atoms with Crippen LogP contribution in [0.2, 0.25) is 0 Å². The van der Waals surface area contributed by atoms with Crippen LogP contribution in [0.25, 0.3) is 0 Å². The number of nitrogens with zero attached hydrogens (tertiary/aromatic N) is 1. The van der Waals surface area contributed by atoms with E-state index in [1.165, 1.54) is 11.5 Å². The topological polar surface area (TPSA) is 75.1 Å². The van der Waals surface area contributed by atoms with Gasteiger partial charge in [-0.05, 0) is 37.0 Å². The number of H-pyrrole nitrogens is 1. The van der Waals surface area contributed by atoms with Crippen LogP contribution in [0.5, 0.6) is 5.88 Å². The minimum Gasteiger partial charge on any atom is -0.494 e. The highest BCUT2D eigenvalue weighted by Crippen LogP contribution is 2.50.